The molecule has 8 nitrogen and oxygen atoms in total. The first-order valence-electron chi connectivity index (χ1n) is 8.22. The van der Waals surface area contributed by atoms with Crippen molar-refractivity contribution in [3.63, 3.8) is 0 Å². The van der Waals surface area contributed by atoms with Crippen molar-refractivity contribution in [1.29, 1.82) is 0 Å². The number of nitrogens with zero attached hydrogens (tertiary/aromatic N) is 6. The molecular formula is C16H24N6O2. The van der Waals surface area contributed by atoms with E-state index in [9.17, 15) is 4.79 Å². The lowest BCUT2D eigenvalue weighted by molar-refractivity contribution is -0.136. The molecule has 1 unspecified atom stereocenters. The molecule has 3 heterocycles. The summed E-state index contributed by atoms with van der Waals surface area (Å²) in [5.41, 5.74) is 0. The van der Waals surface area contributed by atoms with E-state index >= 15 is 0 Å². The van der Waals surface area contributed by atoms with Gasteiger partial charge in [0.15, 0.2) is 5.82 Å². The number of likely N-dealkylation sites (tertiary alicyclic amines) is 1. The zero-order chi connectivity index (χ0) is 17.1. The van der Waals surface area contributed by atoms with Gasteiger partial charge in [-0.25, -0.2) is 4.98 Å². The Balaban J connectivity index is 1.73. The van der Waals surface area contributed by atoms with Crippen molar-refractivity contribution in [2.24, 2.45) is 7.05 Å². The molecule has 1 amide bonds. The predicted molar refractivity (Wildman–Crippen MR) is 87.5 cm³/mol. The maximum atomic E-state index is 12.1. The minimum absolute atomic E-state index is 0.0404. The quantitative estimate of drug-likeness (QED) is 0.806. The Morgan fingerprint density at radius 1 is 1.42 bits per heavy atom. The molecule has 24 heavy (non-hydrogen) atoms. The van der Waals surface area contributed by atoms with Crippen LogP contribution < -0.4 is 0 Å². The number of carbonyl (C=O) groups is 1. The van der Waals surface area contributed by atoms with Crippen LogP contribution in [0.15, 0.2) is 12.4 Å². The van der Waals surface area contributed by atoms with Crippen LogP contribution in [0, 0.1) is 6.92 Å². The van der Waals surface area contributed by atoms with Crippen LogP contribution in [0.1, 0.15) is 36.2 Å². The largest absolute Gasteiger partial charge is 0.375 e. The van der Waals surface area contributed by atoms with E-state index in [0.717, 1.165) is 36.9 Å². The highest BCUT2D eigenvalue weighted by molar-refractivity contribution is 5.77. The average Bonchev–Trinajstić information content (AvgIpc) is 3.15. The lowest BCUT2D eigenvalue weighted by Crippen LogP contribution is -2.41. The van der Waals surface area contributed by atoms with Crippen molar-refractivity contribution in [1.82, 2.24) is 29.2 Å². The predicted octanol–water partition coefficient (Wildman–Crippen LogP) is 0.721. The molecule has 0 aliphatic carbocycles. The number of ether oxygens (including phenoxy) is 1. The van der Waals surface area contributed by atoms with Gasteiger partial charge in [0.25, 0.3) is 0 Å². The average molecular weight is 332 g/mol. The number of methoxy groups -OCH3 is 1. The summed E-state index contributed by atoms with van der Waals surface area (Å²) in [4.78, 5) is 18.2. The SMILES string of the molecule is COCC(=O)N1CCCC(c2nnc(Cn3ccnc3C)n2C)C1. The lowest BCUT2D eigenvalue weighted by atomic mass is 9.97. The third kappa shape index (κ3) is 3.33. The van der Waals surface area contributed by atoms with E-state index in [1.807, 2.05) is 29.6 Å². The van der Waals surface area contributed by atoms with Crippen LogP contribution in [0.4, 0.5) is 0 Å². The molecule has 0 N–H and O–H groups in total. The maximum Gasteiger partial charge on any atom is 0.248 e. The molecule has 0 aromatic carbocycles. The molecule has 0 saturated carbocycles. The van der Waals surface area contributed by atoms with Gasteiger partial charge in [0, 0.05) is 45.6 Å². The van der Waals surface area contributed by atoms with Crippen LogP contribution in [0.25, 0.3) is 0 Å². The summed E-state index contributed by atoms with van der Waals surface area (Å²) in [5.74, 6) is 3.05. The molecule has 1 saturated heterocycles. The first-order valence-corrected chi connectivity index (χ1v) is 8.22. The van der Waals surface area contributed by atoms with Crippen molar-refractivity contribution >= 4 is 5.91 Å². The van der Waals surface area contributed by atoms with Gasteiger partial charge < -0.3 is 18.8 Å². The number of aryl methyl sites for hydroxylation is 1. The minimum Gasteiger partial charge on any atom is -0.375 e. The van der Waals surface area contributed by atoms with Gasteiger partial charge in [0.1, 0.15) is 18.3 Å². The maximum absolute atomic E-state index is 12.1. The van der Waals surface area contributed by atoms with Crippen molar-refractivity contribution in [2.75, 3.05) is 26.8 Å². The first kappa shape index (κ1) is 16.6. The van der Waals surface area contributed by atoms with Crippen molar-refractivity contribution in [3.05, 3.63) is 29.9 Å². The van der Waals surface area contributed by atoms with Gasteiger partial charge in [-0.2, -0.15) is 0 Å². The topological polar surface area (TPSA) is 78.1 Å². The van der Waals surface area contributed by atoms with Gasteiger partial charge in [0.2, 0.25) is 5.91 Å². The number of hydrogen-bond donors (Lipinski definition) is 0. The zero-order valence-electron chi connectivity index (χ0n) is 14.5. The van der Waals surface area contributed by atoms with Crippen LogP contribution >= 0.6 is 0 Å². The summed E-state index contributed by atoms with van der Waals surface area (Å²) in [6, 6.07) is 0. The molecule has 2 aromatic rings. The normalized spacial score (nSPS) is 18.1. The lowest BCUT2D eigenvalue weighted by Gasteiger charge is -2.32. The van der Waals surface area contributed by atoms with E-state index in [0.29, 0.717) is 13.1 Å². The van der Waals surface area contributed by atoms with Crippen LogP contribution in [0.5, 0.6) is 0 Å². The van der Waals surface area contributed by atoms with E-state index < -0.39 is 0 Å². The molecule has 1 atom stereocenters. The second-order valence-corrected chi connectivity index (χ2v) is 6.25. The number of aromatic nitrogens is 5. The number of carbonyl (C=O) groups excluding carboxylic acids is 1. The Bertz CT molecular complexity index is 707. The third-order valence-electron chi connectivity index (χ3n) is 4.64. The number of rotatable bonds is 5. The number of imidazole rings is 1. The van der Waals surface area contributed by atoms with Crippen molar-refractivity contribution < 1.29 is 9.53 Å². The second-order valence-electron chi connectivity index (χ2n) is 6.25. The molecule has 0 bridgehead atoms. The third-order valence-corrected chi connectivity index (χ3v) is 4.64. The molecule has 1 aliphatic rings. The summed E-state index contributed by atoms with van der Waals surface area (Å²) >= 11 is 0. The van der Waals surface area contributed by atoms with E-state index in [4.69, 9.17) is 4.74 Å². The highest BCUT2D eigenvalue weighted by Gasteiger charge is 2.28. The fourth-order valence-corrected chi connectivity index (χ4v) is 3.22. The number of amides is 1. The highest BCUT2D eigenvalue weighted by atomic mass is 16.5. The Labute approximate surface area is 141 Å². The molecule has 3 rings (SSSR count). The summed E-state index contributed by atoms with van der Waals surface area (Å²) in [5, 5.41) is 8.75. The van der Waals surface area contributed by atoms with Crippen LogP contribution in [-0.4, -0.2) is 61.9 Å². The van der Waals surface area contributed by atoms with E-state index in [1.54, 1.807) is 13.3 Å². The highest BCUT2D eigenvalue weighted by Crippen LogP contribution is 2.26. The standard InChI is InChI=1S/C16H24N6O2/c1-12-17-6-8-21(12)10-14-18-19-16(20(14)2)13-5-4-7-22(9-13)15(23)11-24-3/h6,8,13H,4-5,7,9-11H2,1-3H3. The van der Waals surface area contributed by atoms with Crippen LogP contribution in [0.3, 0.4) is 0 Å². The Morgan fingerprint density at radius 2 is 2.25 bits per heavy atom. The van der Waals surface area contributed by atoms with Gasteiger partial charge in [-0.3, -0.25) is 4.79 Å². The van der Waals surface area contributed by atoms with Gasteiger partial charge in [-0.15, -0.1) is 10.2 Å². The molecule has 0 radical (unpaired) electrons. The van der Waals surface area contributed by atoms with Crippen LogP contribution in [0.2, 0.25) is 0 Å². The van der Waals surface area contributed by atoms with Gasteiger partial charge in [0.05, 0.1) is 6.54 Å². The van der Waals surface area contributed by atoms with E-state index in [-0.39, 0.29) is 18.4 Å². The van der Waals surface area contributed by atoms with Gasteiger partial charge >= 0.3 is 0 Å². The van der Waals surface area contributed by atoms with Crippen molar-refractivity contribution in [2.45, 2.75) is 32.2 Å². The van der Waals surface area contributed by atoms with Gasteiger partial charge in [-0.1, -0.05) is 0 Å². The molecule has 130 valence electrons. The molecule has 8 heteroatoms. The van der Waals surface area contributed by atoms with Gasteiger partial charge in [-0.05, 0) is 19.8 Å². The molecule has 1 aliphatic heterocycles. The Hall–Kier alpha value is -2.22. The Kier molecular flexibility index (Phi) is 4.94. The summed E-state index contributed by atoms with van der Waals surface area (Å²) in [7, 11) is 3.54. The number of hydrogen-bond acceptors (Lipinski definition) is 5. The number of piperidine rings is 1. The fraction of sp³-hybridized carbons (Fsp3) is 0.625. The molecule has 2 aromatic heterocycles. The molecule has 1 fully saturated rings. The van der Waals surface area contributed by atoms with E-state index in [1.165, 1.54) is 0 Å². The molecular weight excluding hydrogens is 308 g/mol. The monoisotopic (exact) mass is 332 g/mol. The fourth-order valence-electron chi connectivity index (χ4n) is 3.22. The Morgan fingerprint density at radius 3 is 2.96 bits per heavy atom. The second kappa shape index (κ2) is 7.12. The van der Waals surface area contributed by atoms with Crippen molar-refractivity contribution in [3.8, 4) is 0 Å². The summed E-state index contributed by atoms with van der Waals surface area (Å²) in [6.07, 6.45) is 5.72. The first-order chi connectivity index (χ1) is 11.6. The summed E-state index contributed by atoms with van der Waals surface area (Å²) in [6.45, 7) is 4.22. The van der Waals surface area contributed by atoms with E-state index in [2.05, 4.69) is 19.7 Å². The minimum atomic E-state index is 0.0404. The molecule has 0 spiro atoms. The smallest absolute Gasteiger partial charge is 0.248 e. The summed E-state index contributed by atoms with van der Waals surface area (Å²) < 4.78 is 9.06. The van der Waals surface area contributed by atoms with Crippen LogP contribution in [-0.2, 0) is 23.1 Å². The zero-order valence-corrected chi connectivity index (χ0v) is 14.5.